The Morgan fingerprint density at radius 3 is 2.72 bits per heavy atom. The summed E-state index contributed by atoms with van der Waals surface area (Å²) in [7, 11) is 3.47. The molecule has 1 aromatic carbocycles. The van der Waals surface area contributed by atoms with Gasteiger partial charge in [-0.15, -0.1) is 0 Å². The number of rotatable bonds is 15. The second-order valence-corrected chi connectivity index (χ2v) is 8.86. The Morgan fingerprint density at radius 1 is 1.09 bits per heavy atom. The summed E-state index contributed by atoms with van der Waals surface area (Å²) < 4.78 is 11.2. The summed E-state index contributed by atoms with van der Waals surface area (Å²) in [5.41, 5.74) is 3.98. The molecule has 178 valence electrons. The highest BCUT2D eigenvalue weighted by molar-refractivity contribution is 5.52. The number of methoxy groups -OCH3 is 2. The van der Waals surface area contributed by atoms with E-state index in [0.717, 1.165) is 43.9 Å². The van der Waals surface area contributed by atoms with Crippen LogP contribution in [0.25, 0.3) is 0 Å². The summed E-state index contributed by atoms with van der Waals surface area (Å²) in [5.74, 6) is 1.79. The molecule has 0 saturated carbocycles. The van der Waals surface area contributed by atoms with Crippen molar-refractivity contribution in [2.75, 3.05) is 40.4 Å². The normalized spacial score (nSPS) is 15.7. The van der Waals surface area contributed by atoms with Crippen molar-refractivity contribution in [1.29, 1.82) is 0 Å². The van der Waals surface area contributed by atoms with E-state index in [4.69, 9.17) is 9.47 Å². The lowest BCUT2D eigenvalue weighted by Gasteiger charge is -2.36. The number of ether oxygens (including phenoxy) is 2. The van der Waals surface area contributed by atoms with Gasteiger partial charge in [-0.05, 0) is 69.8 Å². The largest absolute Gasteiger partial charge is 0.493 e. The molecule has 6 nitrogen and oxygen atoms in total. The number of hydrogen-bond acceptors (Lipinski definition) is 5. The van der Waals surface area contributed by atoms with Gasteiger partial charge in [0.15, 0.2) is 11.5 Å². The van der Waals surface area contributed by atoms with E-state index in [1.165, 1.54) is 68.4 Å². The lowest BCUT2D eigenvalue weighted by Crippen LogP contribution is -2.40. The maximum atomic E-state index is 5.68. The number of hydrogen-bond donors (Lipinski definition) is 2. The second kappa shape index (κ2) is 13.5. The molecule has 2 N–H and O–H groups in total. The maximum absolute atomic E-state index is 5.68. The van der Waals surface area contributed by atoms with Crippen molar-refractivity contribution in [2.24, 2.45) is 0 Å². The number of imidazole rings is 1. The van der Waals surface area contributed by atoms with E-state index >= 15 is 0 Å². The van der Waals surface area contributed by atoms with Crippen molar-refractivity contribution in [1.82, 2.24) is 20.2 Å². The van der Waals surface area contributed by atoms with Gasteiger partial charge < -0.3 is 24.7 Å². The molecule has 0 aliphatic heterocycles. The van der Waals surface area contributed by atoms with Crippen LogP contribution in [0.3, 0.4) is 0 Å². The van der Waals surface area contributed by atoms with Gasteiger partial charge in [0.25, 0.3) is 0 Å². The average Bonchev–Trinajstić information content (AvgIpc) is 3.34. The molecule has 0 fully saturated rings. The van der Waals surface area contributed by atoms with Crippen LogP contribution >= 0.6 is 0 Å². The monoisotopic (exact) mass is 442 g/mol. The van der Waals surface area contributed by atoms with Crippen LogP contribution < -0.4 is 14.8 Å². The fourth-order valence-corrected chi connectivity index (χ4v) is 4.93. The highest BCUT2D eigenvalue weighted by Gasteiger charge is 2.26. The van der Waals surface area contributed by atoms with Crippen molar-refractivity contribution < 1.29 is 9.47 Å². The van der Waals surface area contributed by atoms with Crippen LogP contribution in [-0.4, -0.2) is 61.3 Å². The van der Waals surface area contributed by atoms with Gasteiger partial charge in [-0.2, -0.15) is 0 Å². The molecule has 0 radical (unpaired) electrons. The van der Waals surface area contributed by atoms with Gasteiger partial charge in [0, 0.05) is 36.5 Å². The van der Waals surface area contributed by atoms with Gasteiger partial charge in [-0.3, -0.25) is 0 Å². The number of nitrogens with zero attached hydrogens (tertiary/aromatic N) is 2. The minimum Gasteiger partial charge on any atom is -0.493 e. The summed E-state index contributed by atoms with van der Waals surface area (Å²) in [6.45, 7) is 6.84. The zero-order chi connectivity index (χ0) is 22.6. The fraction of sp³-hybridized carbons (Fsp3) is 0.654. The molecule has 1 aliphatic carbocycles. The molecule has 0 amide bonds. The van der Waals surface area contributed by atoms with E-state index in [1.807, 2.05) is 6.20 Å². The molecule has 0 spiro atoms. The molecule has 3 rings (SSSR count). The van der Waals surface area contributed by atoms with E-state index in [2.05, 4.69) is 39.2 Å². The molecular weight excluding hydrogens is 400 g/mol. The van der Waals surface area contributed by atoms with Gasteiger partial charge in [-0.25, -0.2) is 4.98 Å². The van der Waals surface area contributed by atoms with Crippen LogP contribution in [0.5, 0.6) is 11.5 Å². The first-order chi connectivity index (χ1) is 15.8. The Bertz CT molecular complexity index is 778. The Kier molecular flexibility index (Phi) is 10.4. The van der Waals surface area contributed by atoms with Crippen LogP contribution in [0.15, 0.2) is 24.7 Å². The summed E-state index contributed by atoms with van der Waals surface area (Å²) in [4.78, 5) is 9.95. The third-order valence-electron chi connectivity index (χ3n) is 6.63. The number of H-pyrrole nitrogens is 1. The first kappa shape index (κ1) is 24.6. The van der Waals surface area contributed by atoms with Crippen molar-refractivity contribution in [2.45, 2.75) is 70.8 Å². The minimum atomic E-state index is 0.643. The fourth-order valence-electron chi connectivity index (χ4n) is 4.93. The third kappa shape index (κ3) is 6.97. The zero-order valence-corrected chi connectivity index (χ0v) is 20.3. The molecular formula is C26H42N4O2. The maximum Gasteiger partial charge on any atom is 0.164 e. The SMILES string of the molecule is CCCN(CCCCCCNCCc1cnc[nH]1)[C@H]1CCc2c(ccc(OC)c2OC)C1. The Balaban J connectivity index is 1.36. The molecule has 32 heavy (non-hydrogen) atoms. The molecule has 0 bridgehead atoms. The Hall–Kier alpha value is -2.05. The summed E-state index contributed by atoms with van der Waals surface area (Å²) in [5, 5.41) is 3.54. The van der Waals surface area contributed by atoms with Crippen LogP contribution in [0, 0.1) is 0 Å². The standard InChI is InChI=1S/C26H42N4O2/c1-4-16-30(17-8-6-5-7-14-27-15-13-22-19-28-20-29-22)23-10-11-24-21(18-23)9-12-25(31-2)26(24)32-3/h9,12,19-20,23,27H,4-8,10-11,13-18H2,1-3H3,(H,28,29)/t23-/m0/s1. The number of fused-ring (bicyclic) bond motifs is 1. The topological polar surface area (TPSA) is 62.4 Å². The van der Waals surface area contributed by atoms with Crippen molar-refractivity contribution in [3.05, 3.63) is 41.5 Å². The molecule has 0 saturated heterocycles. The second-order valence-electron chi connectivity index (χ2n) is 8.86. The minimum absolute atomic E-state index is 0.643. The number of benzene rings is 1. The smallest absolute Gasteiger partial charge is 0.164 e. The predicted octanol–water partition coefficient (Wildman–Crippen LogP) is 4.39. The molecule has 1 atom stereocenters. The molecule has 0 unspecified atom stereocenters. The summed E-state index contributed by atoms with van der Waals surface area (Å²) >= 11 is 0. The van der Waals surface area contributed by atoms with Crippen LogP contribution in [0.4, 0.5) is 0 Å². The van der Waals surface area contributed by atoms with Crippen LogP contribution in [-0.2, 0) is 19.3 Å². The Labute approximate surface area is 194 Å². The first-order valence-electron chi connectivity index (χ1n) is 12.4. The lowest BCUT2D eigenvalue weighted by molar-refractivity contribution is 0.175. The molecule has 1 aromatic heterocycles. The van der Waals surface area contributed by atoms with Gasteiger partial charge in [0.05, 0.1) is 20.5 Å². The van der Waals surface area contributed by atoms with E-state index < -0.39 is 0 Å². The molecule has 1 heterocycles. The van der Waals surface area contributed by atoms with Gasteiger partial charge >= 0.3 is 0 Å². The summed E-state index contributed by atoms with van der Waals surface area (Å²) in [6.07, 6.45) is 14.5. The van der Waals surface area contributed by atoms with Crippen molar-refractivity contribution in [3.8, 4) is 11.5 Å². The van der Waals surface area contributed by atoms with Crippen LogP contribution in [0.2, 0.25) is 0 Å². The van der Waals surface area contributed by atoms with Gasteiger partial charge in [0.2, 0.25) is 0 Å². The van der Waals surface area contributed by atoms with E-state index in [9.17, 15) is 0 Å². The number of nitrogens with one attached hydrogen (secondary N) is 2. The van der Waals surface area contributed by atoms with Crippen LogP contribution in [0.1, 0.15) is 62.3 Å². The van der Waals surface area contributed by atoms with Crippen molar-refractivity contribution >= 4 is 0 Å². The van der Waals surface area contributed by atoms with Gasteiger partial charge in [0.1, 0.15) is 0 Å². The number of aromatic amines is 1. The van der Waals surface area contributed by atoms with Gasteiger partial charge in [-0.1, -0.05) is 25.8 Å². The first-order valence-corrected chi connectivity index (χ1v) is 12.4. The third-order valence-corrected chi connectivity index (χ3v) is 6.63. The summed E-state index contributed by atoms with van der Waals surface area (Å²) in [6, 6.07) is 4.95. The molecule has 2 aromatic rings. The number of aromatic nitrogens is 2. The van der Waals surface area contributed by atoms with Crippen molar-refractivity contribution in [3.63, 3.8) is 0 Å². The van der Waals surface area contributed by atoms with E-state index in [1.54, 1.807) is 20.5 Å². The Morgan fingerprint density at radius 2 is 1.97 bits per heavy atom. The predicted molar refractivity (Wildman–Crippen MR) is 131 cm³/mol. The van der Waals surface area contributed by atoms with E-state index in [0.29, 0.717) is 6.04 Å². The lowest BCUT2D eigenvalue weighted by atomic mass is 9.86. The average molecular weight is 443 g/mol. The highest BCUT2D eigenvalue weighted by atomic mass is 16.5. The van der Waals surface area contributed by atoms with E-state index in [-0.39, 0.29) is 0 Å². The quantitative estimate of drug-likeness (QED) is 0.401. The molecule has 6 heteroatoms. The number of unbranched alkanes of at least 4 members (excludes halogenated alkanes) is 3. The molecule has 1 aliphatic rings. The highest BCUT2D eigenvalue weighted by Crippen LogP contribution is 2.38. The zero-order valence-electron chi connectivity index (χ0n) is 20.3.